The van der Waals surface area contributed by atoms with Gasteiger partial charge in [0.05, 0.1) is 11.9 Å². The standard InChI is InChI=1S/C16H23N5O3S/c1-11-15(12(2)24-20-11)10-19-16(17-3)18-9-13-6-5-7-14(8-13)21-25(4,22)23/h5-8,21H,9-10H2,1-4H3,(H2,17,18,19). The van der Waals surface area contributed by atoms with E-state index >= 15 is 0 Å². The number of aliphatic imine (C=N–C) groups is 1. The molecule has 0 unspecified atom stereocenters. The molecular formula is C16H23N5O3S. The molecule has 0 aliphatic heterocycles. The molecule has 0 aliphatic rings. The van der Waals surface area contributed by atoms with Crippen LogP contribution in [-0.2, 0) is 23.1 Å². The van der Waals surface area contributed by atoms with Gasteiger partial charge in [0.15, 0.2) is 5.96 Å². The minimum Gasteiger partial charge on any atom is -0.361 e. The number of nitrogens with one attached hydrogen (secondary N) is 3. The summed E-state index contributed by atoms with van der Waals surface area (Å²) in [6, 6.07) is 7.18. The van der Waals surface area contributed by atoms with Crippen molar-refractivity contribution in [2.75, 3.05) is 18.0 Å². The van der Waals surface area contributed by atoms with Gasteiger partial charge in [0.1, 0.15) is 5.76 Å². The summed E-state index contributed by atoms with van der Waals surface area (Å²) in [5.41, 5.74) is 3.30. The van der Waals surface area contributed by atoms with Gasteiger partial charge in [-0.25, -0.2) is 8.42 Å². The Morgan fingerprint density at radius 1 is 1.24 bits per heavy atom. The molecule has 0 spiro atoms. The van der Waals surface area contributed by atoms with E-state index in [0.29, 0.717) is 24.7 Å². The Kier molecular flexibility index (Phi) is 6.02. The molecule has 1 heterocycles. The highest BCUT2D eigenvalue weighted by molar-refractivity contribution is 7.92. The second kappa shape index (κ2) is 8.02. The first-order valence-corrected chi connectivity index (χ1v) is 9.60. The zero-order valence-corrected chi connectivity index (χ0v) is 15.6. The van der Waals surface area contributed by atoms with Crippen molar-refractivity contribution in [3.05, 3.63) is 46.8 Å². The number of benzene rings is 1. The third-order valence-electron chi connectivity index (χ3n) is 3.53. The minimum absolute atomic E-state index is 0.501. The third-order valence-corrected chi connectivity index (χ3v) is 4.13. The largest absolute Gasteiger partial charge is 0.361 e. The summed E-state index contributed by atoms with van der Waals surface area (Å²) >= 11 is 0. The van der Waals surface area contributed by atoms with E-state index in [-0.39, 0.29) is 0 Å². The molecule has 0 saturated carbocycles. The second-order valence-corrected chi connectivity index (χ2v) is 7.41. The van der Waals surface area contributed by atoms with E-state index in [4.69, 9.17) is 4.52 Å². The normalized spacial score (nSPS) is 12.1. The second-order valence-electron chi connectivity index (χ2n) is 5.66. The Morgan fingerprint density at radius 3 is 2.56 bits per heavy atom. The number of sulfonamides is 1. The van der Waals surface area contributed by atoms with Crippen molar-refractivity contribution in [1.29, 1.82) is 0 Å². The van der Waals surface area contributed by atoms with E-state index in [2.05, 4.69) is 25.5 Å². The number of rotatable bonds is 6. The Balaban J connectivity index is 1.94. The maximum Gasteiger partial charge on any atom is 0.229 e. The molecule has 2 rings (SSSR count). The van der Waals surface area contributed by atoms with Crippen LogP contribution in [0.4, 0.5) is 5.69 Å². The van der Waals surface area contributed by atoms with Crippen LogP contribution >= 0.6 is 0 Å². The summed E-state index contributed by atoms with van der Waals surface area (Å²) in [6.45, 7) is 4.81. The highest BCUT2D eigenvalue weighted by Crippen LogP contribution is 2.12. The Morgan fingerprint density at radius 2 is 1.96 bits per heavy atom. The van der Waals surface area contributed by atoms with Crippen molar-refractivity contribution in [3.8, 4) is 0 Å². The zero-order valence-electron chi connectivity index (χ0n) is 14.8. The van der Waals surface area contributed by atoms with Crippen LogP contribution in [0.3, 0.4) is 0 Å². The topological polar surface area (TPSA) is 109 Å². The quantitative estimate of drug-likeness (QED) is 0.529. The SMILES string of the molecule is CN=C(NCc1cccc(NS(C)(=O)=O)c1)NCc1c(C)noc1C. The molecule has 25 heavy (non-hydrogen) atoms. The summed E-state index contributed by atoms with van der Waals surface area (Å²) in [7, 11) is -1.61. The van der Waals surface area contributed by atoms with Crippen LogP contribution in [0.15, 0.2) is 33.8 Å². The molecule has 0 amide bonds. The summed E-state index contributed by atoms with van der Waals surface area (Å²) in [6.07, 6.45) is 1.12. The lowest BCUT2D eigenvalue weighted by Crippen LogP contribution is -2.36. The summed E-state index contributed by atoms with van der Waals surface area (Å²) in [5.74, 6) is 1.40. The Bertz CT molecular complexity index is 839. The number of nitrogens with zero attached hydrogens (tertiary/aromatic N) is 2. The summed E-state index contributed by atoms with van der Waals surface area (Å²) in [4.78, 5) is 4.18. The van der Waals surface area contributed by atoms with Crippen LogP contribution in [0.5, 0.6) is 0 Å². The predicted octanol–water partition coefficient (Wildman–Crippen LogP) is 1.53. The van der Waals surface area contributed by atoms with E-state index in [0.717, 1.165) is 28.8 Å². The molecule has 136 valence electrons. The van der Waals surface area contributed by atoms with Crippen LogP contribution < -0.4 is 15.4 Å². The lowest BCUT2D eigenvalue weighted by Gasteiger charge is -2.12. The van der Waals surface area contributed by atoms with Gasteiger partial charge in [0, 0.05) is 31.4 Å². The van der Waals surface area contributed by atoms with Crippen LogP contribution in [-0.4, -0.2) is 32.8 Å². The highest BCUT2D eigenvalue weighted by atomic mass is 32.2. The monoisotopic (exact) mass is 365 g/mol. The van der Waals surface area contributed by atoms with Crippen molar-refractivity contribution in [2.24, 2.45) is 4.99 Å². The number of guanidine groups is 1. The van der Waals surface area contributed by atoms with Gasteiger partial charge in [-0.2, -0.15) is 0 Å². The third kappa shape index (κ3) is 5.79. The molecule has 0 radical (unpaired) electrons. The van der Waals surface area contributed by atoms with Gasteiger partial charge >= 0.3 is 0 Å². The maximum atomic E-state index is 11.3. The van der Waals surface area contributed by atoms with Crippen molar-refractivity contribution in [2.45, 2.75) is 26.9 Å². The van der Waals surface area contributed by atoms with Gasteiger partial charge in [0.2, 0.25) is 10.0 Å². The van der Waals surface area contributed by atoms with E-state index in [1.165, 1.54) is 0 Å². The van der Waals surface area contributed by atoms with Gasteiger partial charge in [-0.05, 0) is 31.5 Å². The highest BCUT2D eigenvalue weighted by Gasteiger charge is 2.09. The Hall–Kier alpha value is -2.55. The van der Waals surface area contributed by atoms with Gasteiger partial charge in [-0.15, -0.1) is 0 Å². The van der Waals surface area contributed by atoms with E-state index in [1.807, 2.05) is 19.9 Å². The van der Waals surface area contributed by atoms with Crippen molar-refractivity contribution < 1.29 is 12.9 Å². The lowest BCUT2D eigenvalue weighted by molar-refractivity contribution is 0.392. The first-order valence-electron chi connectivity index (χ1n) is 7.71. The van der Waals surface area contributed by atoms with Gasteiger partial charge in [-0.3, -0.25) is 9.71 Å². The first kappa shape index (κ1) is 18.8. The van der Waals surface area contributed by atoms with E-state index in [9.17, 15) is 8.42 Å². The van der Waals surface area contributed by atoms with Crippen LogP contribution in [0.1, 0.15) is 22.6 Å². The van der Waals surface area contributed by atoms with Gasteiger partial charge < -0.3 is 15.2 Å². The average molecular weight is 365 g/mol. The maximum absolute atomic E-state index is 11.3. The molecule has 1 aromatic heterocycles. The fourth-order valence-corrected chi connectivity index (χ4v) is 2.85. The molecule has 9 heteroatoms. The van der Waals surface area contributed by atoms with Gasteiger partial charge in [-0.1, -0.05) is 17.3 Å². The number of aryl methyl sites for hydroxylation is 2. The predicted molar refractivity (Wildman–Crippen MR) is 97.9 cm³/mol. The number of aromatic nitrogens is 1. The fraction of sp³-hybridized carbons (Fsp3) is 0.375. The van der Waals surface area contributed by atoms with Crippen molar-refractivity contribution >= 4 is 21.7 Å². The summed E-state index contributed by atoms with van der Waals surface area (Å²) in [5, 5.41) is 10.3. The molecule has 2 aromatic rings. The Labute approximate surface area is 147 Å². The zero-order chi connectivity index (χ0) is 18.4. The molecule has 1 aromatic carbocycles. The van der Waals surface area contributed by atoms with Crippen LogP contribution in [0.25, 0.3) is 0 Å². The fourth-order valence-electron chi connectivity index (χ4n) is 2.29. The summed E-state index contributed by atoms with van der Waals surface area (Å²) < 4.78 is 30.2. The van der Waals surface area contributed by atoms with E-state index < -0.39 is 10.0 Å². The molecule has 0 atom stereocenters. The first-order chi connectivity index (χ1) is 11.8. The minimum atomic E-state index is -3.29. The lowest BCUT2D eigenvalue weighted by atomic mass is 10.2. The van der Waals surface area contributed by atoms with Gasteiger partial charge in [0.25, 0.3) is 0 Å². The average Bonchev–Trinajstić information content (AvgIpc) is 2.85. The smallest absolute Gasteiger partial charge is 0.229 e. The van der Waals surface area contributed by atoms with Crippen LogP contribution in [0, 0.1) is 13.8 Å². The number of hydrogen-bond acceptors (Lipinski definition) is 5. The molecule has 0 saturated heterocycles. The molecule has 8 nitrogen and oxygen atoms in total. The molecule has 0 bridgehead atoms. The van der Waals surface area contributed by atoms with Crippen molar-refractivity contribution in [3.63, 3.8) is 0 Å². The molecular weight excluding hydrogens is 342 g/mol. The van der Waals surface area contributed by atoms with Crippen molar-refractivity contribution in [1.82, 2.24) is 15.8 Å². The molecule has 0 fully saturated rings. The molecule has 0 aliphatic carbocycles. The van der Waals surface area contributed by atoms with E-state index in [1.54, 1.807) is 25.2 Å². The van der Waals surface area contributed by atoms with Crippen LogP contribution in [0.2, 0.25) is 0 Å². The molecule has 3 N–H and O–H groups in total. The number of hydrogen-bond donors (Lipinski definition) is 3. The number of anilines is 1.